The number of benzene rings is 1. The first-order valence-corrected chi connectivity index (χ1v) is 9.92. The van der Waals surface area contributed by atoms with Gasteiger partial charge in [0, 0.05) is 38.0 Å². The summed E-state index contributed by atoms with van der Waals surface area (Å²) in [6.45, 7) is 3.59. The van der Waals surface area contributed by atoms with Crippen molar-refractivity contribution in [2.45, 2.75) is 26.2 Å². The number of hydrogen-bond donors (Lipinski definition) is 0. The topological polar surface area (TPSA) is 57.7 Å². The van der Waals surface area contributed by atoms with Crippen molar-refractivity contribution < 1.29 is 13.2 Å². The van der Waals surface area contributed by atoms with Gasteiger partial charge in [0.2, 0.25) is 15.9 Å². The normalized spacial score (nSPS) is 17.2. The molecule has 1 heterocycles. The lowest BCUT2D eigenvalue weighted by Gasteiger charge is -2.31. The number of sulfonamides is 1. The molecule has 0 unspecified atom stereocenters. The van der Waals surface area contributed by atoms with Crippen molar-refractivity contribution in [3.05, 3.63) is 41.3 Å². The van der Waals surface area contributed by atoms with Crippen LogP contribution in [0.4, 0.5) is 0 Å². The van der Waals surface area contributed by atoms with Gasteiger partial charge in [-0.15, -0.1) is 0 Å². The van der Waals surface area contributed by atoms with Crippen molar-refractivity contribution >= 4 is 22.0 Å². The second-order valence-electron chi connectivity index (χ2n) is 6.19. The molecule has 6 heteroatoms. The molecule has 24 heavy (non-hydrogen) atoms. The van der Waals surface area contributed by atoms with Gasteiger partial charge in [0.1, 0.15) is 0 Å². The quantitative estimate of drug-likeness (QED) is 0.792. The van der Waals surface area contributed by atoms with Crippen molar-refractivity contribution in [2.24, 2.45) is 5.92 Å². The summed E-state index contributed by atoms with van der Waals surface area (Å²) in [6.07, 6.45) is 3.72. The van der Waals surface area contributed by atoms with Crippen molar-refractivity contribution in [3.63, 3.8) is 0 Å². The van der Waals surface area contributed by atoms with Crippen LogP contribution in [0.5, 0.6) is 0 Å². The third kappa shape index (κ3) is 4.92. The lowest BCUT2D eigenvalue weighted by molar-refractivity contribution is -0.135. The summed E-state index contributed by atoms with van der Waals surface area (Å²) < 4.78 is 26.3. The minimum absolute atomic E-state index is 0.0638. The molecule has 1 fully saturated rings. The Hall–Kier alpha value is -1.66. The zero-order chi connectivity index (χ0) is 17.6. The van der Waals surface area contributed by atoms with E-state index in [1.807, 2.05) is 44.3 Å². The maximum atomic E-state index is 12.4. The summed E-state index contributed by atoms with van der Waals surface area (Å²) in [7, 11) is -1.62. The smallest absolute Gasteiger partial charge is 0.236 e. The third-order valence-electron chi connectivity index (χ3n) is 4.33. The Balaban J connectivity index is 1.93. The molecule has 0 aliphatic carbocycles. The van der Waals surface area contributed by atoms with Crippen LogP contribution in [0, 0.1) is 5.92 Å². The van der Waals surface area contributed by atoms with Crippen LogP contribution in [0.2, 0.25) is 0 Å². The van der Waals surface area contributed by atoms with E-state index in [4.69, 9.17) is 0 Å². The van der Waals surface area contributed by atoms with Gasteiger partial charge in [-0.05, 0) is 30.9 Å². The SMILES string of the molecule is CCCN(C)C(=O)C1CCN(S(=O)(=O)/C=C/c2ccccc2)CC1. The molecule has 0 aromatic heterocycles. The van der Waals surface area contributed by atoms with Crippen LogP contribution in [0.1, 0.15) is 31.7 Å². The highest BCUT2D eigenvalue weighted by Gasteiger charge is 2.31. The van der Waals surface area contributed by atoms with E-state index in [9.17, 15) is 13.2 Å². The molecule has 2 rings (SSSR count). The lowest BCUT2D eigenvalue weighted by Crippen LogP contribution is -2.43. The number of rotatable bonds is 6. The number of piperidine rings is 1. The monoisotopic (exact) mass is 350 g/mol. The Bertz CT molecular complexity index is 663. The predicted molar refractivity (Wildman–Crippen MR) is 96.6 cm³/mol. The fourth-order valence-electron chi connectivity index (χ4n) is 2.93. The average molecular weight is 350 g/mol. The second kappa shape index (κ2) is 8.44. The predicted octanol–water partition coefficient (Wildman–Crippen LogP) is 2.57. The molecule has 132 valence electrons. The molecule has 0 atom stereocenters. The van der Waals surface area contributed by atoms with Crippen LogP contribution >= 0.6 is 0 Å². The van der Waals surface area contributed by atoms with E-state index in [1.54, 1.807) is 11.0 Å². The molecule has 1 aliphatic heterocycles. The number of carbonyl (C=O) groups is 1. The van der Waals surface area contributed by atoms with Crippen LogP contribution in [0.3, 0.4) is 0 Å². The Morgan fingerprint density at radius 3 is 2.46 bits per heavy atom. The van der Waals surface area contributed by atoms with Gasteiger partial charge in [-0.3, -0.25) is 4.79 Å². The first-order valence-electron chi connectivity index (χ1n) is 8.42. The molecule has 0 spiro atoms. The third-order valence-corrected chi connectivity index (χ3v) is 5.90. The van der Waals surface area contributed by atoms with E-state index in [0.29, 0.717) is 25.9 Å². The first kappa shape index (κ1) is 18.7. The molecular formula is C18H26N2O3S. The zero-order valence-electron chi connectivity index (χ0n) is 14.4. The van der Waals surface area contributed by atoms with E-state index in [2.05, 4.69) is 0 Å². The maximum Gasteiger partial charge on any atom is 0.236 e. The summed E-state index contributed by atoms with van der Waals surface area (Å²) in [5.74, 6) is 0.0693. The Labute approximate surface area is 145 Å². The van der Waals surface area contributed by atoms with Gasteiger partial charge in [0.05, 0.1) is 0 Å². The van der Waals surface area contributed by atoms with Crippen molar-refractivity contribution in [1.29, 1.82) is 0 Å². The van der Waals surface area contributed by atoms with E-state index in [-0.39, 0.29) is 11.8 Å². The highest BCUT2D eigenvalue weighted by Crippen LogP contribution is 2.22. The van der Waals surface area contributed by atoms with Gasteiger partial charge in [-0.2, -0.15) is 4.31 Å². The highest BCUT2D eigenvalue weighted by atomic mass is 32.2. The van der Waals surface area contributed by atoms with Crippen LogP contribution < -0.4 is 0 Å². The van der Waals surface area contributed by atoms with Crippen LogP contribution in [0.25, 0.3) is 6.08 Å². The molecule has 1 aliphatic rings. The van der Waals surface area contributed by atoms with Gasteiger partial charge >= 0.3 is 0 Å². The molecule has 0 saturated carbocycles. The zero-order valence-corrected chi connectivity index (χ0v) is 15.2. The minimum atomic E-state index is -3.43. The van der Waals surface area contributed by atoms with Crippen molar-refractivity contribution in [3.8, 4) is 0 Å². The Morgan fingerprint density at radius 1 is 1.25 bits per heavy atom. The fraction of sp³-hybridized carbons (Fsp3) is 0.500. The second-order valence-corrected chi connectivity index (χ2v) is 8.01. The number of nitrogens with zero attached hydrogens (tertiary/aromatic N) is 2. The Kier molecular flexibility index (Phi) is 6.57. The van der Waals surface area contributed by atoms with Gasteiger partial charge in [0.25, 0.3) is 0 Å². The molecule has 1 amide bonds. The summed E-state index contributed by atoms with van der Waals surface area (Å²) in [4.78, 5) is 14.1. The molecule has 1 aromatic rings. The number of hydrogen-bond acceptors (Lipinski definition) is 3. The molecular weight excluding hydrogens is 324 g/mol. The van der Waals surface area contributed by atoms with E-state index in [0.717, 1.165) is 18.5 Å². The van der Waals surface area contributed by atoms with Gasteiger partial charge in [0.15, 0.2) is 0 Å². The van der Waals surface area contributed by atoms with Gasteiger partial charge in [-0.1, -0.05) is 37.3 Å². The summed E-state index contributed by atoms with van der Waals surface area (Å²) >= 11 is 0. The first-order chi connectivity index (χ1) is 11.4. The van der Waals surface area contributed by atoms with Crippen LogP contribution in [0.15, 0.2) is 35.7 Å². The van der Waals surface area contributed by atoms with E-state index < -0.39 is 10.0 Å². The molecule has 5 nitrogen and oxygen atoms in total. The van der Waals surface area contributed by atoms with Crippen LogP contribution in [-0.2, 0) is 14.8 Å². The van der Waals surface area contributed by atoms with Crippen molar-refractivity contribution in [1.82, 2.24) is 9.21 Å². The van der Waals surface area contributed by atoms with E-state index in [1.165, 1.54) is 9.71 Å². The highest BCUT2D eigenvalue weighted by molar-refractivity contribution is 7.92. The minimum Gasteiger partial charge on any atom is -0.346 e. The van der Waals surface area contributed by atoms with E-state index >= 15 is 0 Å². The average Bonchev–Trinajstić information content (AvgIpc) is 2.60. The lowest BCUT2D eigenvalue weighted by atomic mass is 9.96. The van der Waals surface area contributed by atoms with Gasteiger partial charge in [-0.25, -0.2) is 8.42 Å². The largest absolute Gasteiger partial charge is 0.346 e. The molecule has 0 N–H and O–H groups in total. The van der Waals surface area contributed by atoms with Gasteiger partial charge < -0.3 is 4.90 Å². The molecule has 1 aromatic carbocycles. The van der Waals surface area contributed by atoms with Crippen LogP contribution in [-0.4, -0.2) is 50.2 Å². The summed E-state index contributed by atoms with van der Waals surface area (Å²) in [5.41, 5.74) is 0.854. The molecule has 0 radical (unpaired) electrons. The standard InChI is InChI=1S/C18H26N2O3S/c1-3-12-19(2)18(21)17-9-13-20(14-10-17)24(22,23)15-11-16-7-5-4-6-8-16/h4-8,11,15,17H,3,9-10,12-14H2,1-2H3/b15-11+. The number of amides is 1. The fourth-order valence-corrected chi connectivity index (χ4v) is 4.15. The Morgan fingerprint density at radius 2 is 1.88 bits per heavy atom. The summed E-state index contributed by atoms with van der Waals surface area (Å²) in [5, 5.41) is 1.26. The maximum absolute atomic E-state index is 12.4. The molecule has 1 saturated heterocycles. The molecule has 0 bridgehead atoms. The summed E-state index contributed by atoms with van der Waals surface area (Å²) in [6, 6.07) is 9.36. The van der Waals surface area contributed by atoms with Crippen molar-refractivity contribution in [2.75, 3.05) is 26.7 Å². The number of carbonyl (C=O) groups excluding carboxylic acids is 1.